The van der Waals surface area contributed by atoms with Gasteiger partial charge in [-0.05, 0) is 251 Å². The third kappa shape index (κ3) is 11.5. The van der Waals surface area contributed by atoms with Crippen molar-refractivity contribution in [2.24, 2.45) is 52.3 Å². The summed E-state index contributed by atoms with van der Waals surface area (Å²) in [6.45, 7) is 6.09. The number of phenols is 1. The van der Waals surface area contributed by atoms with Crippen molar-refractivity contribution in [3.63, 3.8) is 0 Å². The number of phenolic OH excluding ortho intramolecular Hbond substituents is 1. The van der Waals surface area contributed by atoms with Gasteiger partial charge in [0.2, 0.25) is 0 Å². The van der Waals surface area contributed by atoms with E-state index in [0.29, 0.717) is 54.6 Å². The van der Waals surface area contributed by atoms with Crippen molar-refractivity contribution < 1.29 is 29.3 Å². The van der Waals surface area contributed by atoms with Gasteiger partial charge >= 0.3 is 11.9 Å². The second-order valence-electron chi connectivity index (χ2n) is 28.5. The summed E-state index contributed by atoms with van der Waals surface area (Å²) in [7, 11) is 2.08. The first-order valence-electron chi connectivity index (χ1n) is 34.3. The van der Waals surface area contributed by atoms with Crippen LogP contribution in [0.1, 0.15) is 175 Å². The molecule has 87 heavy (non-hydrogen) atoms. The maximum absolute atomic E-state index is 15.4. The zero-order chi connectivity index (χ0) is 59.2. The van der Waals surface area contributed by atoms with Crippen LogP contribution in [0.15, 0.2) is 131 Å². The summed E-state index contributed by atoms with van der Waals surface area (Å²) < 4.78 is 13.6. The topological polar surface area (TPSA) is 153 Å². The number of aromatic hydroxyl groups is 1. The molecule has 11 nitrogen and oxygen atoms in total. The van der Waals surface area contributed by atoms with Crippen molar-refractivity contribution in [2.45, 2.75) is 186 Å². The molecule has 7 N–H and O–H groups in total. The van der Waals surface area contributed by atoms with Gasteiger partial charge in [-0.15, -0.1) is 0 Å². The molecule has 14 bridgehead atoms. The molecule has 16 rings (SSSR count). The molecular formula is C76H95N5O6. The Hall–Kier alpha value is -5.66. The lowest BCUT2D eigenvalue weighted by Crippen LogP contribution is -2.52. The Kier molecular flexibility index (Phi) is 17.2. The van der Waals surface area contributed by atoms with Gasteiger partial charge in [-0.3, -0.25) is 0 Å². The van der Waals surface area contributed by atoms with E-state index in [1.165, 1.54) is 67.2 Å². The van der Waals surface area contributed by atoms with Crippen LogP contribution in [0.5, 0.6) is 5.75 Å². The molecule has 2 saturated heterocycles. The van der Waals surface area contributed by atoms with Crippen molar-refractivity contribution >= 4 is 17.5 Å². The average Bonchev–Trinajstić information content (AvgIpc) is 1.64. The summed E-state index contributed by atoms with van der Waals surface area (Å²) in [5, 5.41) is 43.0. The number of aliphatic hydroxyl groups is 1. The second-order valence-corrected chi connectivity index (χ2v) is 28.5. The summed E-state index contributed by atoms with van der Waals surface area (Å²) in [5.41, 5.74) is 11.8. The Morgan fingerprint density at radius 1 is 0.770 bits per heavy atom. The van der Waals surface area contributed by atoms with Gasteiger partial charge in [0, 0.05) is 48.8 Å². The smallest absolute Gasteiger partial charge is 0.340 e. The minimum Gasteiger partial charge on any atom is -0.508 e. The molecule has 0 amide bonds. The fourth-order valence-electron chi connectivity index (χ4n) is 19.3. The molecular weight excluding hydrogens is 1080 g/mol. The van der Waals surface area contributed by atoms with Crippen LogP contribution < -0.4 is 26.6 Å². The molecule has 0 radical (unpaired) electrons. The predicted molar refractivity (Wildman–Crippen MR) is 343 cm³/mol. The van der Waals surface area contributed by atoms with Gasteiger partial charge in [-0.2, -0.15) is 0 Å². The van der Waals surface area contributed by atoms with Crippen LogP contribution in [0.2, 0.25) is 0 Å². The summed E-state index contributed by atoms with van der Waals surface area (Å²) in [5.74, 6) is 1.89. The molecule has 11 unspecified atom stereocenters. The van der Waals surface area contributed by atoms with Gasteiger partial charge in [-0.25, -0.2) is 9.59 Å². The standard InChI is InChI=1S/C76H95N5O6/c1-3-47(35-48-13-6-4-7-14-48)40-66-76-32-26-60-61-23-24-62-65(86-73(84)69(62)70(61)76)27-31-75(56-29-34-79-67(41-56)77-2)30-25-54(43-75)72(81-46-64(83)52-16-8-5-9-17-52)55-37-49(36-51(39-55)45-80-57-19-10-11-20-57)28-33-78-44-50-15-12-18-53(38-50)59-22-21-58(82)42-63(59)68(60)71(76)74(85)87-66/h4,6-7,12-15,18,21-22,27,36-40,42,47,52,54,56-57,60-61,64,67,70,72,77-83H,3,5,8-11,16-17,19-20,23-26,28-35,41,43-46H2,1-2H3. The largest absolute Gasteiger partial charge is 0.508 e. The van der Waals surface area contributed by atoms with E-state index >= 15 is 9.59 Å². The zero-order valence-electron chi connectivity index (χ0n) is 51.8. The van der Waals surface area contributed by atoms with E-state index in [2.05, 4.69) is 126 Å². The first kappa shape index (κ1) is 59.0. The highest BCUT2D eigenvalue weighted by Gasteiger charge is 2.69. The highest BCUT2D eigenvalue weighted by molar-refractivity contribution is 6.07. The summed E-state index contributed by atoms with van der Waals surface area (Å²) in [6, 6.07) is 33.2. The Morgan fingerprint density at radius 2 is 1.62 bits per heavy atom. The van der Waals surface area contributed by atoms with E-state index in [4.69, 9.17) is 9.47 Å². The number of allylic oxidation sites excluding steroid dienone is 5. The van der Waals surface area contributed by atoms with Crippen LogP contribution >= 0.6 is 0 Å². The minimum absolute atomic E-state index is 0.0410. The molecule has 0 aromatic heterocycles. The molecule has 4 saturated carbocycles. The number of hydrogen-bond donors (Lipinski definition) is 7. The van der Waals surface area contributed by atoms with Gasteiger partial charge in [0.05, 0.1) is 23.3 Å². The number of rotatable bonds is 13. The molecule has 4 aromatic carbocycles. The van der Waals surface area contributed by atoms with Crippen molar-refractivity contribution in [1.82, 2.24) is 26.6 Å². The molecule has 5 aliphatic heterocycles. The number of ether oxygens (including phenoxy) is 2. The molecule has 1 spiro atoms. The predicted octanol–water partition coefficient (Wildman–Crippen LogP) is 13.4. The Bertz CT molecular complexity index is 3340. The molecule has 460 valence electrons. The van der Waals surface area contributed by atoms with Crippen molar-refractivity contribution in [2.75, 3.05) is 26.7 Å². The lowest BCUT2D eigenvalue weighted by molar-refractivity contribution is -0.135. The number of esters is 2. The van der Waals surface area contributed by atoms with Crippen LogP contribution in [0.25, 0.3) is 16.7 Å². The number of nitrogens with one attached hydrogen (secondary N) is 5. The highest BCUT2D eigenvalue weighted by Crippen LogP contribution is 2.72. The van der Waals surface area contributed by atoms with Crippen molar-refractivity contribution in [1.29, 1.82) is 0 Å². The number of cyclic esters (lactones) is 1. The number of hydrogen-bond acceptors (Lipinski definition) is 11. The van der Waals surface area contributed by atoms with E-state index in [0.717, 1.165) is 154 Å². The highest BCUT2D eigenvalue weighted by atomic mass is 16.6. The monoisotopic (exact) mass is 1170 g/mol. The fraction of sp³-hybridized carbons (Fsp3) is 0.553. The number of benzene rings is 4. The van der Waals surface area contributed by atoms with Crippen LogP contribution in [-0.4, -0.2) is 67.1 Å². The fourth-order valence-corrected chi connectivity index (χ4v) is 19.3. The summed E-state index contributed by atoms with van der Waals surface area (Å²) in [4.78, 5) is 30.8. The summed E-state index contributed by atoms with van der Waals surface area (Å²) in [6.07, 6.45) is 27.1. The molecule has 12 aliphatic rings. The van der Waals surface area contributed by atoms with Crippen LogP contribution in [0, 0.1) is 52.3 Å². The second kappa shape index (κ2) is 25.3. The first-order chi connectivity index (χ1) is 42.6. The van der Waals surface area contributed by atoms with E-state index in [1.54, 1.807) is 6.07 Å². The molecule has 6 fully saturated rings. The van der Waals surface area contributed by atoms with Gasteiger partial charge in [0.25, 0.3) is 0 Å². The van der Waals surface area contributed by atoms with E-state index in [1.807, 2.05) is 12.1 Å². The Labute approximate surface area is 517 Å². The zero-order valence-corrected chi connectivity index (χ0v) is 51.8. The van der Waals surface area contributed by atoms with Gasteiger partial charge in [0.15, 0.2) is 0 Å². The lowest BCUT2D eigenvalue weighted by Gasteiger charge is -2.56. The number of carbonyl (C=O) groups excluding carboxylic acids is 2. The molecule has 5 heterocycles. The van der Waals surface area contributed by atoms with Gasteiger partial charge in [-0.1, -0.05) is 112 Å². The van der Waals surface area contributed by atoms with Gasteiger partial charge in [0.1, 0.15) is 17.3 Å². The Balaban J connectivity index is 0.908. The number of fused-ring (bicyclic) bond motifs is 5. The van der Waals surface area contributed by atoms with Crippen LogP contribution in [-0.2, 0) is 45.0 Å². The first-order valence-corrected chi connectivity index (χ1v) is 34.3. The van der Waals surface area contributed by atoms with Gasteiger partial charge < -0.3 is 46.3 Å². The van der Waals surface area contributed by atoms with E-state index < -0.39 is 11.5 Å². The van der Waals surface area contributed by atoms with E-state index in [-0.39, 0.29) is 59.0 Å². The van der Waals surface area contributed by atoms with Crippen LogP contribution in [0.3, 0.4) is 0 Å². The normalized spacial score (nSPS) is 31.3. The third-order valence-corrected chi connectivity index (χ3v) is 23.6. The quantitative estimate of drug-likeness (QED) is 0.0641. The minimum atomic E-state index is -0.890. The molecule has 4 aromatic rings. The molecule has 7 aliphatic carbocycles. The maximum atomic E-state index is 15.4. The SMILES string of the molecule is CCC(C=C1OC(=O)C2=C3c4cc(O)ccc4-c4cccc(c4)CNCCc4cc(CNC5CCCC5)cc(c4)C(NCC(O)C4CCCCC4)C4CCC(C5CCNC(NC)C5)(CC=C5OC(=O)C6=C5CCC5C3CCC12C65)C4)Cc1ccccc1. The number of aliphatic hydroxyl groups excluding tert-OH is 1. The average molecular weight is 1170 g/mol. The van der Waals surface area contributed by atoms with Crippen molar-refractivity contribution in [3.05, 3.63) is 165 Å². The molecule has 11 heteroatoms. The van der Waals surface area contributed by atoms with Crippen LogP contribution in [0.4, 0.5) is 0 Å². The Morgan fingerprint density at radius 3 is 2.46 bits per heavy atom. The third-order valence-electron chi connectivity index (χ3n) is 23.6. The summed E-state index contributed by atoms with van der Waals surface area (Å²) >= 11 is 0. The van der Waals surface area contributed by atoms with Crippen molar-refractivity contribution in [3.8, 4) is 16.9 Å². The molecule has 11 atom stereocenters. The number of piperidine rings is 1. The maximum Gasteiger partial charge on any atom is 0.340 e. The van der Waals surface area contributed by atoms with E-state index in [9.17, 15) is 10.2 Å². The lowest BCUT2D eigenvalue weighted by atomic mass is 9.44. The number of carbonyl (C=O) groups is 2.